The largest absolute Gasteiger partial charge is 0.356 e. The standard InChI is InChI=1S/C24H18BrFN2O/c25-20-7-3-1-6-19(20)24(29)28-14-13-18-17-5-2-4-8-21(17)27-22(18)23(28)15-9-11-16(26)12-10-15/h1-12,23,27H,13-14H2. The van der Waals surface area contributed by atoms with Crippen LogP contribution in [0.1, 0.15) is 33.2 Å². The first-order chi connectivity index (χ1) is 14.1. The smallest absolute Gasteiger partial charge is 0.255 e. The molecule has 0 spiro atoms. The summed E-state index contributed by atoms with van der Waals surface area (Å²) >= 11 is 3.50. The molecule has 1 aliphatic heterocycles. The normalized spacial score (nSPS) is 16.1. The minimum atomic E-state index is -0.300. The summed E-state index contributed by atoms with van der Waals surface area (Å²) in [7, 11) is 0. The van der Waals surface area contributed by atoms with Gasteiger partial charge in [-0.05, 0) is 63.8 Å². The van der Waals surface area contributed by atoms with E-state index in [0.717, 1.165) is 27.7 Å². The van der Waals surface area contributed by atoms with Gasteiger partial charge in [-0.1, -0.05) is 42.5 Å². The Morgan fingerprint density at radius 3 is 2.52 bits per heavy atom. The zero-order valence-electron chi connectivity index (χ0n) is 15.5. The van der Waals surface area contributed by atoms with Gasteiger partial charge < -0.3 is 9.88 Å². The summed E-state index contributed by atoms with van der Waals surface area (Å²) in [6, 6.07) is 21.8. The van der Waals surface area contributed by atoms with E-state index in [1.807, 2.05) is 41.3 Å². The lowest BCUT2D eigenvalue weighted by atomic mass is 9.91. The second-order valence-corrected chi connectivity index (χ2v) is 8.10. The minimum absolute atomic E-state index is 0.0453. The quantitative estimate of drug-likeness (QED) is 0.409. The van der Waals surface area contributed by atoms with Crippen LogP contribution < -0.4 is 0 Å². The van der Waals surface area contributed by atoms with E-state index < -0.39 is 0 Å². The summed E-state index contributed by atoms with van der Waals surface area (Å²) in [6.45, 7) is 0.594. The van der Waals surface area contributed by atoms with Crippen molar-refractivity contribution in [1.29, 1.82) is 0 Å². The third-order valence-electron chi connectivity index (χ3n) is 5.59. The summed E-state index contributed by atoms with van der Waals surface area (Å²) in [4.78, 5) is 18.9. The topological polar surface area (TPSA) is 36.1 Å². The van der Waals surface area contributed by atoms with Crippen LogP contribution in [0.4, 0.5) is 4.39 Å². The number of aromatic amines is 1. The fourth-order valence-electron chi connectivity index (χ4n) is 4.24. The number of amides is 1. The van der Waals surface area contributed by atoms with E-state index in [2.05, 4.69) is 33.0 Å². The van der Waals surface area contributed by atoms with Crippen LogP contribution in [0.25, 0.3) is 10.9 Å². The van der Waals surface area contributed by atoms with Gasteiger partial charge in [0.2, 0.25) is 0 Å². The summed E-state index contributed by atoms with van der Waals surface area (Å²) in [5.74, 6) is -0.332. The fraction of sp³-hybridized carbons (Fsp3) is 0.125. The molecular weight excluding hydrogens is 431 g/mol. The van der Waals surface area contributed by atoms with Crippen molar-refractivity contribution in [3.8, 4) is 0 Å². The van der Waals surface area contributed by atoms with Crippen LogP contribution in [0.15, 0.2) is 77.3 Å². The Morgan fingerprint density at radius 2 is 1.72 bits per heavy atom. The van der Waals surface area contributed by atoms with Crippen molar-refractivity contribution >= 4 is 32.7 Å². The van der Waals surface area contributed by atoms with E-state index in [-0.39, 0.29) is 17.8 Å². The Kier molecular flexibility index (Phi) is 4.47. The number of hydrogen-bond acceptors (Lipinski definition) is 1. The molecule has 1 aromatic heterocycles. The maximum atomic E-state index is 13.6. The SMILES string of the molecule is O=C(c1ccccc1Br)N1CCc2c([nH]c3ccccc23)C1c1ccc(F)cc1. The van der Waals surface area contributed by atoms with Crippen LogP contribution in [-0.2, 0) is 6.42 Å². The molecule has 4 aromatic rings. The lowest BCUT2D eigenvalue weighted by molar-refractivity contribution is 0.0691. The van der Waals surface area contributed by atoms with Crippen molar-refractivity contribution in [2.75, 3.05) is 6.54 Å². The van der Waals surface area contributed by atoms with Crippen molar-refractivity contribution in [1.82, 2.24) is 9.88 Å². The number of halogens is 2. The van der Waals surface area contributed by atoms with Gasteiger partial charge in [0.05, 0.1) is 11.6 Å². The van der Waals surface area contributed by atoms with Gasteiger partial charge in [-0.3, -0.25) is 4.79 Å². The molecule has 3 nitrogen and oxygen atoms in total. The molecule has 5 rings (SSSR count). The van der Waals surface area contributed by atoms with Gasteiger partial charge >= 0.3 is 0 Å². The molecule has 1 aliphatic rings. The highest BCUT2D eigenvalue weighted by atomic mass is 79.9. The molecule has 0 saturated carbocycles. The summed E-state index contributed by atoms with van der Waals surface area (Å²) < 4.78 is 14.4. The van der Waals surface area contributed by atoms with Crippen LogP contribution in [0, 0.1) is 5.82 Å². The molecule has 1 N–H and O–H groups in total. The van der Waals surface area contributed by atoms with E-state index in [4.69, 9.17) is 0 Å². The minimum Gasteiger partial charge on any atom is -0.356 e. The van der Waals surface area contributed by atoms with Gasteiger partial charge in [-0.2, -0.15) is 0 Å². The first kappa shape index (κ1) is 18.1. The molecule has 0 bridgehead atoms. The van der Waals surface area contributed by atoms with Crippen LogP contribution >= 0.6 is 15.9 Å². The van der Waals surface area contributed by atoms with Gasteiger partial charge in [0.1, 0.15) is 5.82 Å². The number of carbonyl (C=O) groups is 1. The first-order valence-corrected chi connectivity index (χ1v) is 10.3. The van der Waals surface area contributed by atoms with E-state index >= 15 is 0 Å². The highest BCUT2D eigenvalue weighted by molar-refractivity contribution is 9.10. The van der Waals surface area contributed by atoms with E-state index in [0.29, 0.717) is 12.1 Å². The van der Waals surface area contributed by atoms with Gasteiger partial charge in [-0.15, -0.1) is 0 Å². The number of carbonyl (C=O) groups excluding carboxylic acids is 1. The lowest BCUT2D eigenvalue weighted by Gasteiger charge is -2.36. The molecule has 0 saturated heterocycles. The zero-order valence-corrected chi connectivity index (χ0v) is 17.1. The molecule has 1 atom stereocenters. The van der Waals surface area contributed by atoms with E-state index in [1.165, 1.54) is 23.1 Å². The Hall–Kier alpha value is -2.92. The highest BCUT2D eigenvalue weighted by Crippen LogP contribution is 2.39. The van der Waals surface area contributed by atoms with Crippen LogP contribution in [0.2, 0.25) is 0 Å². The fourth-order valence-corrected chi connectivity index (χ4v) is 4.70. The predicted octanol–water partition coefficient (Wildman–Crippen LogP) is 5.86. The van der Waals surface area contributed by atoms with Crippen LogP contribution in [0.3, 0.4) is 0 Å². The molecule has 2 heterocycles. The molecule has 0 aliphatic carbocycles. The molecule has 29 heavy (non-hydrogen) atoms. The average molecular weight is 449 g/mol. The molecule has 1 amide bonds. The second-order valence-electron chi connectivity index (χ2n) is 7.25. The number of hydrogen-bond donors (Lipinski definition) is 1. The molecular formula is C24H18BrFN2O. The Morgan fingerprint density at radius 1 is 1.00 bits per heavy atom. The molecule has 1 unspecified atom stereocenters. The third kappa shape index (κ3) is 3.06. The van der Waals surface area contributed by atoms with Gasteiger partial charge in [0, 0.05) is 27.6 Å². The van der Waals surface area contributed by atoms with Crippen molar-refractivity contribution in [2.24, 2.45) is 0 Å². The first-order valence-electron chi connectivity index (χ1n) is 9.54. The number of para-hydroxylation sites is 1. The average Bonchev–Trinajstić information content (AvgIpc) is 3.12. The molecule has 3 aromatic carbocycles. The van der Waals surface area contributed by atoms with Crippen molar-refractivity contribution in [3.05, 3.63) is 105 Å². The Labute approximate surface area is 176 Å². The number of nitrogens with zero attached hydrogens (tertiary/aromatic N) is 1. The maximum Gasteiger partial charge on any atom is 0.255 e. The summed E-state index contributed by atoms with van der Waals surface area (Å²) in [6.07, 6.45) is 0.771. The third-order valence-corrected chi connectivity index (χ3v) is 6.28. The molecule has 0 radical (unpaired) electrons. The van der Waals surface area contributed by atoms with Gasteiger partial charge in [0.15, 0.2) is 0 Å². The lowest BCUT2D eigenvalue weighted by Crippen LogP contribution is -2.40. The van der Waals surface area contributed by atoms with Crippen LogP contribution in [-0.4, -0.2) is 22.3 Å². The molecule has 0 fully saturated rings. The predicted molar refractivity (Wildman–Crippen MR) is 115 cm³/mol. The number of aromatic nitrogens is 1. The van der Waals surface area contributed by atoms with Gasteiger partial charge in [-0.25, -0.2) is 4.39 Å². The van der Waals surface area contributed by atoms with Crippen molar-refractivity contribution in [2.45, 2.75) is 12.5 Å². The summed E-state index contributed by atoms with van der Waals surface area (Å²) in [5.41, 5.74) is 4.80. The van der Waals surface area contributed by atoms with E-state index in [9.17, 15) is 9.18 Å². The molecule has 144 valence electrons. The number of H-pyrrole nitrogens is 1. The zero-order chi connectivity index (χ0) is 20.0. The number of benzene rings is 3. The molecule has 5 heteroatoms. The summed E-state index contributed by atoms with van der Waals surface area (Å²) in [5, 5.41) is 1.18. The number of rotatable bonds is 2. The van der Waals surface area contributed by atoms with Gasteiger partial charge in [0.25, 0.3) is 5.91 Å². The number of nitrogens with one attached hydrogen (secondary N) is 1. The van der Waals surface area contributed by atoms with E-state index in [1.54, 1.807) is 12.1 Å². The Bertz CT molecular complexity index is 1220. The number of fused-ring (bicyclic) bond motifs is 3. The monoisotopic (exact) mass is 448 g/mol. The highest BCUT2D eigenvalue weighted by Gasteiger charge is 2.35. The second kappa shape index (κ2) is 7.16. The van der Waals surface area contributed by atoms with Crippen molar-refractivity contribution < 1.29 is 9.18 Å². The Balaban J connectivity index is 1.68. The maximum absolute atomic E-state index is 13.6. The van der Waals surface area contributed by atoms with Crippen LogP contribution in [0.5, 0.6) is 0 Å². The van der Waals surface area contributed by atoms with Crippen molar-refractivity contribution in [3.63, 3.8) is 0 Å².